The van der Waals surface area contributed by atoms with Gasteiger partial charge in [-0.2, -0.15) is 0 Å². The average molecular weight is 357 g/mol. The maximum Gasteiger partial charge on any atom is 0.407 e. The number of amides is 1. The molecule has 134 valence electrons. The zero-order valence-corrected chi connectivity index (χ0v) is 14.6. The normalized spacial score (nSPS) is 16.8. The molecule has 1 aromatic carbocycles. The molecule has 24 heavy (non-hydrogen) atoms. The number of benzene rings is 1. The smallest absolute Gasteiger partial charge is 0.407 e. The molecular formula is C15H23N3O5S. The van der Waals surface area contributed by atoms with Crippen LogP contribution in [0.1, 0.15) is 6.92 Å². The number of rotatable bonds is 6. The highest BCUT2D eigenvalue weighted by Gasteiger charge is 2.22. The lowest BCUT2D eigenvalue weighted by Gasteiger charge is -2.35. The zero-order valence-electron chi connectivity index (χ0n) is 13.8. The lowest BCUT2D eigenvalue weighted by Crippen LogP contribution is -2.48. The van der Waals surface area contributed by atoms with Crippen molar-refractivity contribution in [2.75, 3.05) is 43.9 Å². The second-order valence-electron chi connectivity index (χ2n) is 5.83. The lowest BCUT2D eigenvalue weighted by atomic mass is 10.2. The van der Waals surface area contributed by atoms with Gasteiger partial charge in [0, 0.05) is 26.2 Å². The van der Waals surface area contributed by atoms with Crippen LogP contribution in [0.15, 0.2) is 24.3 Å². The Morgan fingerprint density at radius 2 is 1.92 bits per heavy atom. The van der Waals surface area contributed by atoms with Crippen molar-refractivity contribution < 1.29 is 23.1 Å². The number of sulfonamides is 1. The summed E-state index contributed by atoms with van der Waals surface area (Å²) in [5.41, 5.74) is 0.883. The Balaban J connectivity index is 1.99. The molecule has 1 unspecified atom stereocenters. The molecule has 2 N–H and O–H groups in total. The molecule has 8 nitrogen and oxygen atoms in total. The van der Waals surface area contributed by atoms with E-state index in [1.165, 1.54) is 4.90 Å². The molecule has 1 heterocycles. The monoisotopic (exact) mass is 357 g/mol. The summed E-state index contributed by atoms with van der Waals surface area (Å²) in [6.45, 7) is 3.99. The first-order valence-corrected chi connectivity index (χ1v) is 9.57. The minimum Gasteiger partial charge on any atom is -0.490 e. The van der Waals surface area contributed by atoms with Crippen LogP contribution in [0.5, 0.6) is 5.75 Å². The summed E-state index contributed by atoms with van der Waals surface area (Å²) >= 11 is 0. The molecule has 9 heteroatoms. The molecule has 1 atom stereocenters. The molecule has 1 aromatic rings. The molecule has 1 aliphatic rings. The average Bonchev–Trinajstić information content (AvgIpc) is 2.52. The third-order valence-corrected chi connectivity index (χ3v) is 4.49. The number of carboxylic acid groups (broad SMARTS) is 1. The molecule has 2 rings (SSSR count). The van der Waals surface area contributed by atoms with E-state index in [0.29, 0.717) is 31.9 Å². The topological polar surface area (TPSA) is 99.2 Å². The Hall–Kier alpha value is -2.00. The van der Waals surface area contributed by atoms with Gasteiger partial charge in [-0.15, -0.1) is 0 Å². The molecule has 0 spiro atoms. The first-order chi connectivity index (χ1) is 11.3. The SMILES string of the molecule is CC(COc1ccccc1N1CCN(C(=O)O)CC1)NS(C)(=O)=O. The fourth-order valence-corrected chi connectivity index (χ4v) is 3.39. The highest BCUT2D eigenvalue weighted by molar-refractivity contribution is 7.88. The summed E-state index contributed by atoms with van der Waals surface area (Å²) in [5.74, 6) is 0.656. The van der Waals surface area contributed by atoms with E-state index in [-0.39, 0.29) is 12.6 Å². The van der Waals surface area contributed by atoms with Crippen LogP contribution in [0.25, 0.3) is 0 Å². The number of nitrogens with one attached hydrogen (secondary N) is 1. The Morgan fingerprint density at radius 3 is 2.50 bits per heavy atom. The van der Waals surface area contributed by atoms with Crippen LogP contribution in [0.3, 0.4) is 0 Å². The fraction of sp³-hybridized carbons (Fsp3) is 0.533. The van der Waals surface area contributed by atoms with Crippen molar-refractivity contribution in [1.29, 1.82) is 0 Å². The van der Waals surface area contributed by atoms with Crippen LogP contribution < -0.4 is 14.4 Å². The number of ether oxygens (including phenoxy) is 1. The number of hydrogen-bond acceptors (Lipinski definition) is 5. The maximum absolute atomic E-state index is 11.2. The van der Waals surface area contributed by atoms with Crippen molar-refractivity contribution in [1.82, 2.24) is 9.62 Å². The molecule has 1 aliphatic heterocycles. The van der Waals surface area contributed by atoms with Gasteiger partial charge in [0.05, 0.1) is 18.0 Å². The molecular weight excluding hydrogens is 334 g/mol. The van der Waals surface area contributed by atoms with E-state index in [1.807, 2.05) is 24.3 Å². The summed E-state index contributed by atoms with van der Waals surface area (Å²) in [7, 11) is -3.27. The summed E-state index contributed by atoms with van der Waals surface area (Å²) in [6, 6.07) is 7.13. The molecule has 1 fully saturated rings. The van der Waals surface area contributed by atoms with Crippen molar-refractivity contribution in [3.63, 3.8) is 0 Å². The lowest BCUT2D eigenvalue weighted by molar-refractivity contribution is 0.142. The molecule has 0 aliphatic carbocycles. The summed E-state index contributed by atoms with van der Waals surface area (Å²) in [5, 5.41) is 9.01. The van der Waals surface area contributed by atoms with Gasteiger partial charge in [-0.3, -0.25) is 0 Å². The molecule has 0 radical (unpaired) electrons. The van der Waals surface area contributed by atoms with Crippen LogP contribution in [0, 0.1) is 0 Å². The van der Waals surface area contributed by atoms with E-state index in [4.69, 9.17) is 9.84 Å². The van der Waals surface area contributed by atoms with Crippen LogP contribution in [-0.4, -0.2) is 69.6 Å². The van der Waals surface area contributed by atoms with Crippen molar-refractivity contribution in [3.05, 3.63) is 24.3 Å². The number of para-hydroxylation sites is 2. The van der Waals surface area contributed by atoms with Gasteiger partial charge in [0.25, 0.3) is 0 Å². The minimum absolute atomic E-state index is 0.208. The van der Waals surface area contributed by atoms with Gasteiger partial charge in [0.1, 0.15) is 12.4 Å². The van der Waals surface area contributed by atoms with Gasteiger partial charge < -0.3 is 19.6 Å². The van der Waals surface area contributed by atoms with Gasteiger partial charge in [-0.1, -0.05) is 12.1 Å². The van der Waals surface area contributed by atoms with Crippen LogP contribution in [0.2, 0.25) is 0 Å². The van der Waals surface area contributed by atoms with E-state index in [9.17, 15) is 13.2 Å². The van der Waals surface area contributed by atoms with E-state index >= 15 is 0 Å². The second kappa shape index (κ2) is 7.71. The highest BCUT2D eigenvalue weighted by Crippen LogP contribution is 2.29. The molecule has 0 aromatic heterocycles. The number of carbonyl (C=O) groups is 1. The number of piperazine rings is 1. The van der Waals surface area contributed by atoms with Crippen LogP contribution >= 0.6 is 0 Å². The standard InChI is InChI=1S/C15H23N3O5S/c1-12(16-24(2,21)22)11-23-14-6-4-3-5-13(14)17-7-9-18(10-8-17)15(19)20/h3-6,12,16H,7-11H2,1-2H3,(H,19,20). The van der Waals surface area contributed by atoms with E-state index in [2.05, 4.69) is 9.62 Å². The largest absolute Gasteiger partial charge is 0.490 e. The minimum atomic E-state index is -3.27. The van der Waals surface area contributed by atoms with Crippen LogP contribution in [-0.2, 0) is 10.0 Å². The van der Waals surface area contributed by atoms with Gasteiger partial charge in [0.2, 0.25) is 10.0 Å². The number of hydrogen-bond donors (Lipinski definition) is 2. The fourth-order valence-electron chi connectivity index (χ4n) is 2.59. The van der Waals surface area contributed by atoms with Crippen molar-refractivity contribution in [2.45, 2.75) is 13.0 Å². The number of nitrogens with zero attached hydrogens (tertiary/aromatic N) is 2. The molecule has 1 amide bonds. The van der Waals surface area contributed by atoms with E-state index in [0.717, 1.165) is 11.9 Å². The third kappa shape index (κ3) is 5.27. The van der Waals surface area contributed by atoms with Crippen LogP contribution in [0.4, 0.5) is 10.5 Å². The summed E-state index contributed by atoms with van der Waals surface area (Å²) < 4.78 is 30.7. The van der Waals surface area contributed by atoms with Crippen molar-refractivity contribution in [3.8, 4) is 5.75 Å². The first-order valence-electron chi connectivity index (χ1n) is 7.68. The number of anilines is 1. The predicted molar refractivity (Wildman–Crippen MR) is 91.2 cm³/mol. The Kier molecular flexibility index (Phi) is 5.89. The van der Waals surface area contributed by atoms with Gasteiger partial charge >= 0.3 is 6.09 Å². The van der Waals surface area contributed by atoms with Crippen molar-refractivity contribution in [2.24, 2.45) is 0 Å². The summed E-state index contributed by atoms with van der Waals surface area (Å²) in [6.07, 6.45) is 0.208. The summed E-state index contributed by atoms with van der Waals surface area (Å²) in [4.78, 5) is 14.4. The van der Waals surface area contributed by atoms with Gasteiger partial charge in [-0.05, 0) is 19.1 Å². The van der Waals surface area contributed by atoms with Gasteiger partial charge in [0.15, 0.2) is 0 Å². The zero-order chi connectivity index (χ0) is 17.7. The molecule has 0 bridgehead atoms. The Morgan fingerprint density at radius 1 is 1.29 bits per heavy atom. The molecule has 0 saturated carbocycles. The van der Waals surface area contributed by atoms with Crippen molar-refractivity contribution >= 4 is 21.8 Å². The Labute approximate surface area is 142 Å². The second-order valence-corrected chi connectivity index (χ2v) is 7.61. The van der Waals surface area contributed by atoms with E-state index in [1.54, 1.807) is 6.92 Å². The third-order valence-electron chi connectivity index (χ3n) is 3.66. The first kappa shape index (κ1) is 18.3. The van der Waals surface area contributed by atoms with Gasteiger partial charge in [-0.25, -0.2) is 17.9 Å². The predicted octanol–water partition coefficient (Wildman–Crippen LogP) is 0.803. The molecule has 1 saturated heterocycles. The Bertz CT molecular complexity index is 671. The highest BCUT2D eigenvalue weighted by atomic mass is 32.2. The quantitative estimate of drug-likeness (QED) is 0.781. The maximum atomic E-state index is 11.2. The van der Waals surface area contributed by atoms with E-state index < -0.39 is 16.1 Å².